The van der Waals surface area contributed by atoms with Gasteiger partial charge in [-0.25, -0.2) is 4.98 Å². The first-order valence-electron chi connectivity index (χ1n) is 5.83. The van der Waals surface area contributed by atoms with Crippen LogP contribution in [0, 0.1) is 6.92 Å². The van der Waals surface area contributed by atoms with E-state index in [4.69, 9.17) is 10.5 Å². The summed E-state index contributed by atoms with van der Waals surface area (Å²) in [5.41, 5.74) is 7.61. The third kappa shape index (κ3) is 2.85. The number of rotatable bonds is 4. The van der Waals surface area contributed by atoms with Gasteiger partial charge >= 0.3 is 0 Å². The second-order valence-corrected chi connectivity index (χ2v) is 4.28. The number of aromatic nitrogens is 1. The lowest BCUT2D eigenvalue weighted by Gasteiger charge is -2.11. The van der Waals surface area contributed by atoms with E-state index in [0.29, 0.717) is 6.10 Å². The molecule has 0 radical (unpaired) electrons. The Hall–Kier alpha value is -1.29. The molecule has 1 aliphatic heterocycles. The van der Waals surface area contributed by atoms with Crippen LogP contribution in [0.3, 0.4) is 0 Å². The van der Waals surface area contributed by atoms with Gasteiger partial charge in [-0.2, -0.15) is 0 Å². The number of hydrogen-bond donors (Lipinski definition) is 2. The van der Waals surface area contributed by atoms with Crippen LogP contribution in [0.2, 0.25) is 0 Å². The lowest BCUT2D eigenvalue weighted by molar-refractivity contribution is 0.107. The highest BCUT2D eigenvalue weighted by molar-refractivity contribution is 5.53. The highest BCUT2D eigenvalue weighted by Gasteiger charge is 2.14. The van der Waals surface area contributed by atoms with Crippen molar-refractivity contribution >= 4 is 11.5 Å². The van der Waals surface area contributed by atoms with Crippen LogP contribution in [0.4, 0.5) is 11.5 Å². The zero-order chi connectivity index (χ0) is 11.4. The Kier molecular flexibility index (Phi) is 3.62. The van der Waals surface area contributed by atoms with Crippen molar-refractivity contribution in [3.8, 4) is 0 Å². The molecule has 2 heterocycles. The van der Waals surface area contributed by atoms with Crippen molar-refractivity contribution in [2.45, 2.75) is 32.3 Å². The van der Waals surface area contributed by atoms with Crippen molar-refractivity contribution in [3.63, 3.8) is 0 Å². The van der Waals surface area contributed by atoms with Gasteiger partial charge in [0.1, 0.15) is 5.82 Å². The fraction of sp³-hybridized carbons (Fsp3) is 0.583. The van der Waals surface area contributed by atoms with E-state index in [1.165, 1.54) is 12.8 Å². The standard InChI is InChI=1S/C12H19N3O/c1-9-8-15-12(7-11(9)13)14-5-4-10-3-2-6-16-10/h7-8,10H,2-6H2,1H3,(H3,13,14,15). The highest BCUT2D eigenvalue weighted by atomic mass is 16.5. The van der Waals surface area contributed by atoms with E-state index < -0.39 is 0 Å². The zero-order valence-electron chi connectivity index (χ0n) is 9.70. The van der Waals surface area contributed by atoms with Crippen LogP contribution < -0.4 is 11.1 Å². The van der Waals surface area contributed by atoms with E-state index in [1.807, 2.05) is 13.0 Å². The number of nitrogens with zero attached hydrogens (tertiary/aromatic N) is 1. The Labute approximate surface area is 96.2 Å². The number of ether oxygens (including phenoxy) is 1. The average molecular weight is 221 g/mol. The molecule has 0 aromatic carbocycles. The van der Waals surface area contributed by atoms with Crippen LogP contribution in [0.25, 0.3) is 0 Å². The van der Waals surface area contributed by atoms with Crippen molar-refractivity contribution in [2.75, 3.05) is 24.2 Å². The highest BCUT2D eigenvalue weighted by Crippen LogP contribution is 2.16. The molecule has 1 aromatic rings. The first-order chi connectivity index (χ1) is 7.75. The van der Waals surface area contributed by atoms with Gasteiger partial charge in [0.2, 0.25) is 0 Å². The van der Waals surface area contributed by atoms with E-state index in [2.05, 4.69) is 10.3 Å². The lowest BCUT2D eigenvalue weighted by Crippen LogP contribution is -2.13. The lowest BCUT2D eigenvalue weighted by atomic mass is 10.2. The van der Waals surface area contributed by atoms with Gasteiger partial charge in [-0.1, -0.05) is 0 Å². The first-order valence-corrected chi connectivity index (χ1v) is 5.83. The van der Waals surface area contributed by atoms with Crippen LogP contribution in [0.1, 0.15) is 24.8 Å². The molecule has 0 saturated carbocycles. The molecule has 1 saturated heterocycles. The van der Waals surface area contributed by atoms with E-state index in [-0.39, 0.29) is 0 Å². The second kappa shape index (κ2) is 5.16. The van der Waals surface area contributed by atoms with Gasteiger partial charge in [0.15, 0.2) is 0 Å². The molecule has 1 fully saturated rings. The van der Waals surface area contributed by atoms with E-state index in [0.717, 1.165) is 36.6 Å². The summed E-state index contributed by atoms with van der Waals surface area (Å²) in [6, 6.07) is 1.88. The van der Waals surface area contributed by atoms with Crippen LogP contribution in [0.5, 0.6) is 0 Å². The zero-order valence-corrected chi connectivity index (χ0v) is 9.70. The van der Waals surface area contributed by atoms with Crippen molar-refractivity contribution in [1.82, 2.24) is 4.98 Å². The number of nitrogens with one attached hydrogen (secondary N) is 1. The molecule has 16 heavy (non-hydrogen) atoms. The maximum absolute atomic E-state index is 5.81. The smallest absolute Gasteiger partial charge is 0.127 e. The largest absolute Gasteiger partial charge is 0.398 e. The number of hydrogen-bond acceptors (Lipinski definition) is 4. The summed E-state index contributed by atoms with van der Waals surface area (Å²) in [6.07, 6.45) is 5.64. The predicted molar refractivity (Wildman–Crippen MR) is 65.5 cm³/mol. The summed E-state index contributed by atoms with van der Waals surface area (Å²) in [5, 5.41) is 3.27. The normalized spacial score (nSPS) is 19.9. The molecule has 0 amide bonds. The minimum Gasteiger partial charge on any atom is -0.398 e. The number of anilines is 2. The van der Waals surface area contributed by atoms with E-state index >= 15 is 0 Å². The Balaban J connectivity index is 1.78. The molecule has 4 nitrogen and oxygen atoms in total. The number of pyridine rings is 1. The summed E-state index contributed by atoms with van der Waals surface area (Å²) in [7, 11) is 0. The van der Waals surface area contributed by atoms with Gasteiger partial charge in [0.05, 0.1) is 6.10 Å². The Morgan fingerprint density at radius 2 is 2.50 bits per heavy atom. The average Bonchev–Trinajstić information content (AvgIpc) is 2.76. The summed E-state index contributed by atoms with van der Waals surface area (Å²) in [5.74, 6) is 0.848. The maximum atomic E-state index is 5.81. The summed E-state index contributed by atoms with van der Waals surface area (Å²) >= 11 is 0. The van der Waals surface area contributed by atoms with Gasteiger partial charge < -0.3 is 15.8 Å². The molecule has 0 bridgehead atoms. The molecule has 1 unspecified atom stereocenters. The molecule has 0 spiro atoms. The number of aryl methyl sites for hydroxylation is 1. The maximum Gasteiger partial charge on any atom is 0.127 e. The van der Waals surface area contributed by atoms with E-state index in [9.17, 15) is 0 Å². The molecular formula is C12H19N3O. The SMILES string of the molecule is Cc1cnc(NCCC2CCCO2)cc1N. The van der Waals surface area contributed by atoms with Crippen LogP contribution >= 0.6 is 0 Å². The molecule has 1 aliphatic rings. The molecule has 3 N–H and O–H groups in total. The molecule has 2 rings (SSSR count). The Morgan fingerprint density at radius 1 is 1.62 bits per heavy atom. The quantitative estimate of drug-likeness (QED) is 0.816. The van der Waals surface area contributed by atoms with Crippen LogP contribution in [0.15, 0.2) is 12.3 Å². The second-order valence-electron chi connectivity index (χ2n) is 4.28. The molecule has 4 heteroatoms. The number of nitrogens with two attached hydrogens (primary N) is 1. The summed E-state index contributed by atoms with van der Waals surface area (Å²) in [4.78, 5) is 4.27. The fourth-order valence-corrected chi connectivity index (χ4v) is 1.87. The third-order valence-electron chi connectivity index (χ3n) is 2.94. The topological polar surface area (TPSA) is 60.2 Å². The van der Waals surface area contributed by atoms with E-state index in [1.54, 1.807) is 6.20 Å². The minimum absolute atomic E-state index is 0.426. The van der Waals surface area contributed by atoms with Crippen LogP contribution in [-0.2, 0) is 4.74 Å². The third-order valence-corrected chi connectivity index (χ3v) is 2.94. The van der Waals surface area contributed by atoms with Crippen LogP contribution in [-0.4, -0.2) is 24.2 Å². The molecule has 88 valence electrons. The van der Waals surface area contributed by atoms with Gasteiger partial charge in [-0.3, -0.25) is 0 Å². The Morgan fingerprint density at radius 3 is 3.19 bits per heavy atom. The molecule has 0 aliphatic carbocycles. The fourth-order valence-electron chi connectivity index (χ4n) is 1.87. The minimum atomic E-state index is 0.426. The van der Waals surface area contributed by atoms with Gasteiger partial charge in [0, 0.05) is 31.1 Å². The molecule has 1 atom stereocenters. The van der Waals surface area contributed by atoms with Crippen molar-refractivity contribution in [3.05, 3.63) is 17.8 Å². The monoisotopic (exact) mass is 221 g/mol. The summed E-state index contributed by atoms with van der Waals surface area (Å²) < 4.78 is 5.55. The molecule has 1 aromatic heterocycles. The van der Waals surface area contributed by atoms with Gasteiger partial charge in [0.25, 0.3) is 0 Å². The Bertz CT molecular complexity index is 348. The van der Waals surface area contributed by atoms with Crippen molar-refractivity contribution in [1.29, 1.82) is 0 Å². The van der Waals surface area contributed by atoms with Gasteiger partial charge in [-0.05, 0) is 31.7 Å². The van der Waals surface area contributed by atoms with Gasteiger partial charge in [-0.15, -0.1) is 0 Å². The molecular weight excluding hydrogens is 202 g/mol. The predicted octanol–water partition coefficient (Wildman–Crippen LogP) is 1.95. The first kappa shape index (κ1) is 11.2. The van der Waals surface area contributed by atoms with Crippen molar-refractivity contribution in [2.24, 2.45) is 0 Å². The summed E-state index contributed by atoms with van der Waals surface area (Å²) in [6.45, 7) is 3.76. The van der Waals surface area contributed by atoms with Crippen molar-refractivity contribution < 1.29 is 4.74 Å². The number of nitrogen functional groups attached to an aromatic ring is 1.